The van der Waals surface area contributed by atoms with E-state index in [1.165, 1.54) is 5.56 Å². The molecule has 4 heteroatoms. The van der Waals surface area contributed by atoms with Crippen molar-refractivity contribution in [3.05, 3.63) is 65.5 Å². The minimum Gasteiger partial charge on any atom is -0.392 e. The SMILES string of the molecule is Cc1ccc(/C=C/c2nc3ccccc3n2CC(N)=S)cc1. The van der Waals surface area contributed by atoms with E-state index in [4.69, 9.17) is 18.0 Å². The lowest BCUT2D eigenvalue weighted by Crippen LogP contribution is -2.17. The summed E-state index contributed by atoms with van der Waals surface area (Å²) in [4.78, 5) is 5.11. The van der Waals surface area contributed by atoms with Crippen molar-refractivity contribution in [3.8, 4) is 0 Å². The molecule has 22 heavy (non-hydrogen) atoms. The van der Waals surface area contributed by atoms with Gasteiger partial charge in [0.15, 0.2) is 0 Å². The molecule has 3 rings (SSSR count). The first kappa shape index (κ1) is 14.5. The first-order valence-electron chi connectivity index (χ1n) is 7.12. The fourth-order valence-electron chi connectivity index (χ4n) is 2.39. The van der Waals surface area contributed by atoms with E-state index in [-0.39, 0.29) is 0 Å². The van der Waals surface area contributed by atoms with Gasteiger partial charge in [-0.15, -0.1) is 0 Å². The van der Waals surface area contributed by atoms with Gasteiger partial charge in [-0.2, -0.15) is 0 Å². The van der Waals surface area contributed by atoms with Gasteiger partial charge in [0.05, 0.1) is 22.6 Å². The van der Waals surface area contributed by atoms with Gasteiger partial charge in [0.25, 0.3) is 0 Å². The smallest absolute Gasteiger partial charge is 0.134 e. The zero-order valence-corrected chi connectivity index (χ0v) is 13.2. The molecule has 0 atom stereocenters. The second-order valence-corrected chi connectivity index (χ2v) is 5.78. The summed E-state index contributed by atoms with van der Waals surface area (Å²) in [5, 5.41) is 0. The topological polar surface area (TPSA) is 43.8 Å². The fraction of sp³-hybridized carbons (Fsp3) is 0.111. The molecule has 1 aromatic heterocycles. The molecule has 0 saturated carbocycles. The second-order valence-electron chi connectivity index (χ2n) is 5.26. The van der Waals surface area contributed by atoms with E-state index >= 15 is 0 Å². The molecule has 0 aliphatic carbocycles. The number of aromatic nitrogens is 2. The molecule has 2 N–H and O–H groups in total. The van der Waals surface area contributed by atoms with Crippen LogP contribution in [0.5, 0.6) is 0 Å². The highest BCUT2D eigenvalue weighted by Gasteiger charge is 2.08. The van der Waals surface area contributed by atoms with Crippen molar-refractivity contribution in [1.82, 2.24) is 9.55 Å². The zero-order valence-electron chi connectivity index (χ0n) is 12.4. The minimum atomic E-state index is 0.452. The van der Waals surface area contributed by atoms with E-state index in [0.717, 1.165) is 22.4 Å². The van der Waals surface area contributed by atoms with Crippen LogP contribution in [0.25, 0.3) is 23.2 Å². The molecule has 0 spiro atoms. The highest BCUT2D eigenvalue weighted by Crippen LogP contribution is 2.18. The van der Waals surface area contributed by atoms with Crippen LogP contribution in [0.15, 0.2) is 48.5 Å². The lowest BCUT2D eigenvalue weighted by Gasteiger charge is -2.05. The number of imidazole rings is 1. The molecule has 0 bridgehead atoms. The number of nitrogens with two attached hydrogens (primary N) is 1. The van der Waals surface area contributed by atoms with Gasteiger partial charge in [-0.05, 0) is 30.7 Å². The Bertz CT molecular complexity index is 844. The van der Waals surface area contributed by atoms with Gasteiger partial charge < -0.3 is 10.3 Å². The van der Waals surface area contributed by atoms with Crippen LogP contribution in [0.1, 0.15) is 17.0 Å². The maximum absolute atomic E-state index is 5.73. The standard InChI is InChI=1S/C18H17N3S/c1-13-6-8-14(9-7-13)10-11-18-20-15-4-2-3-5-16(15)21(18)12-17(19)22/h2-11H,12H2,1H3,(H2,19,22)/b11-10+. The van der Waals surface area contributed by atoms with Gasteiger partial charge in [-0.25, -0.2) is 4.98 Å². The van der Waals surface area contributed by atoms with Crippen LogP contribution in [0.2, 0.25) is 0 Å². The molecule has 0 amide bonds. The first-order chi connectivity index (χ1) is 10.6. The minimum absolute atomic E-state index is 0.452. The lowest BCUT2D eigenvalue weighted by atomic mass is 10.1. The fourth-order valence-corrected chi connectivity index (χ4v) is 2.52. The Hall–Kier alpha value is -2.46. The molecule has 0 aliphatic heterocycles. The van der Waals surface area contributed by atoms with Gasteiger partial charge in [0.2, 0.25) is 0 Å². The van der Waals surface area contributed by atoms with Gasteiger partial charge in [0, 0.05) is 0 Å². The first-order valence-corrected chi connectivity index (χ1v) is 7.52. The molecule has 0 saturated heterocycles. The summed E-state index contributed by atoms with van der Waals surface area (Å²) in [6, 6.07) is 16.4. The van der Waals surface area contributed by atoms with Crippen LogP contribution < -0.4 is 5.73 Å². The van der Waals surface area contributed by atoms with Crippen LogP contribution in [0, 0.1) is 6.92 Å². The average Bonchev–Trinajstić information content (AvgIpc) is 2.84. The number of thiocarbonyl (C=S) groups is 1. The highest BCUT2D eigenvalue weighted by molar-refractivity contribution is 7.80. The molecule has 2 aromatic carbocycles. The number of rotatable bonds is 4. The van der Waals surface area contributed by atoms with Gasteiger partial charge in [0.1, 0.15) is 5.82 Å². The number of nitrogens with zero attached hydrogens (tertiary/aromatic N) is 2. The third kappa shape index (κ3) is 3.07. The molecule has 0 fully saturated rings. The van der Waals surface area contributed by atoms with E-state index in [1.54, 1.807) is 0 Å². The molecule has 3 aromatic rings. The number of para-hydroxylation sites is 2. The monoisotopic (exact) mass is 307 g/mol. The van der Waals surface area contributed by atoms with Gasteiger partial charge in [-0.1, -0.05) is 60.3 Å². The average molecular weight is 307 g/mol. The highest BCUT2D eigenvalue weighted by atomic mass is 32.1. The van der Waals surface area contributed by atoms with Crippen molar-refractivity contribution in [2.24, 2.45) is 5.73 Å². The van der Waals surface area contributed by atoms with Crippen LogP contribution in [0.3, 0.4) is 0 Å². The quantitative estimate of drug-likeness (QED) is 0.746. The van der Waals surface area contributed by atoms with Crippen LogP contribution >= 0.6 is 12.2 Å². The molecule has 3 nitrogen and oxygen atoms in total. The Balaban J connectivity index is 2.01. The third-order valence-corrected chi connectivity index (χ3v) is 3.63. The van der Waals surface area contributed by atoms with Gasteiger partial charge >= 0.3 is 0 Å². The van der Waals surface area contributed by atoms with Crippen LogP contribution in [0.4, 0.5) is 0 Å². The van der Waals surface area contributed by atoms with Crippen LogP contribution in [-0.4, -0.2) is 14.5 Å². The number of benzene rings is 2. The Labute approximate surface area is 135 Å². The summed E-state index contributed by atoms with van der Waals surface area (Å²) in [6.07, 6.45) is 4.06. The Morgan fingerprint density at radius 1 is 1.14 bits per heavy atom. The molecular weight excluding hydrogens is 290 g/mol. The molecule has 0 aliphatic rings. The normalized spacial score (nSPS) is 11.3. The zero-order chi connectivity index (χ0) is 15.5. The van der Waals surface area contributed by atoms with Crippen molar-refractivity contribution >= 4 is 40.4 Å². The number of fused-ring (bicyclic) bond motifs is 1. The summed E-state index contributed by atoms with van der Waals surface area (Å²) >= 11 is 5.06. The van der Waals surface area contributed by atoms with Crippen molar-refractivity contribution in [2.45, 2.75) is 13.5 Å². The maximum atomic E-state index is 5.73. The summed E-state index contributed by atoms with van der Waals surface area (Å²) in [6.45, 7) is 2.57. The van der Waals surface area contributed by atoms with Crippen molar-refractivity contribution in [3.63, 3.8) is 0 Å². The molecule has 0 radical (unpaired) electrons. The molecule has 1 heterocycles. The summed E-state index contributed by atoms with van der Waals surface area (Å²) in [7, 11) is 0. The summed E-state index contributed by atoms with van der Waals surface area (Å²) in [5.74, 6) is 0.856. The van der Waals surface area contributed by atoms with Gasteiger partial charge in [-0.3, -0.25) is 0 Å². The second kappa shape index (κ2) is 6.12. The molecule has 110 valence electrons. The van der Waals surface area contributed by atoms with Crippen molar-refractivity contribution in [2.75, 3.05) is 0 Å². The van der Waals surface area contributed by atoms with Crippen molar-refractivity contribution in [1.29, 1.82) is 0 Å². The molecular formula is C18H17N3S. The van der Waals surface area contributed by atoms with Crippen LogP contribution in [-0.2, 0) is 6.54 Å². The van der Waals surface area contributed by atoms with Crippen molar-refractivity contribution < 1.29 is 0 Å². The Morgan fingerprint density at radius 3 is 2.59 bits per heavy atom. The number of aryl methyl sites for hydroxylation is 1. The Kier molecular flexibility index (Phi) is 4.02. The summed E-state index contributed by atoms with van der Waals surface area (Å²) in [5.41, 5.74) is 10.1. The van der Waals surface area contributed by atoms with E-state index in [1.807, 2.05) is 34.9 Å². The largest absolute Gasteiger partial charge is 0.392 e. The van der Waals surface area contributed by atoms with E-state index in [9.17, 15) is 0 Å². The predicted octanol–water partition coefficient (Wildman–Crippen LogP) is 3.80. The number of hydrogen-bond donors (Lipinski definition) is 1. The van der Waals surface area contributed by atoms with E-state index < -0.39 is 0 Å². The maximum Gasteiger partial charge on any atom is 0.134 e. The van der Waals surface area contributed by atoms with E-state index in [2.05, 4.69) is 42.2 Å². The Morgan fingerprint density at radius 2 is 1.86 bits per heavy atom. The predicted molar refractivity (Wildman–Crippen MR) is 96.6 cm³/mol. The number of hydrogen-bond acceptors (Lipinski definition) is 2. The molecule has 0 unspecified atom stereocenters. The van der Waals surface area contributed by atoms with E-state index in [0.29, 0.717) is 11.5 Å². The third-order valence-electron chi connectivity index (χ3n) is 3.50. The lowest BCUT2D eigenvalue weighted by molar-refractivity contribution is 0.871. The summed E-state index contributed by atoms with van der Waals surface area (Å²) < 4.78 is 2.04.